The lowest BCUT2D eigenvalue weighted by atomic mass is 9.93. The zero-order chi connectivity index (χ0) is 102. The third-order valence-corrected chi connectivity index (χ3v) is 30.6. The summed E-state index contributed by atoms with van der Waals surface area (Å²) in [6.07, 6.45) is 21.0. The van der Waals surface area contributed by atoms with Gasteiger partial charge in [-0.1, -0.05) is 130 Å². The average molecular weight is 2110 g/mol. The number of nitrogens with one attached hydrogen (secondary N) is 4. The van der Waals surface area contributed by atoms with E-state index in [1.54, 1.807) is 92.3 Å². The molecule has 2 unspecified atom stereocenters. The Morgan fingerprint density at radius 3 is 1.18 bits per heavy atom. The fraction of sp³-hybridized carbons (Fsp3) is 0.386. The maximum Gasteiger partial charge on any atom is 0.233 e. The van der Waals surface area contributed by atoms with Gasteiger partial charge in [-0.05, 0) is 185 Å². The first-order valence-electron chi connectivity index (χ1n) is 47.7. The summed E-state index contributed by atoms with van der Waals surface area (Å²) in [7, 11) is 1.58. The lowest BCUT2D eigenvalue weighted by Crippen LogP contribution is -2.14. The Morgan fingerprint density at radius 2 is 0.759 bits per heavy atom. The van der Waals surface area contributed by atoms with Crippen LogP contribution in [0, 0.1) is 20.8 Å². The maximum atomic E-state index is 12.9. The van der Waals surface area contributed by atoms with Gasteiger partial charge in [0.05, 0.1) is 51.2 Å². The van der Waals surface area contributed by atoms with Crippen LogP contribution in [0.5, 0.6) is 23.0 Å². The molecule has 0 saturated heterocycles. The van der Waals surface area contributed by atoms with Crippen LogP contribution < -0.4 is 26.0 Å². The molecule has 0 spiro atoms. The number of Topliss-reactive ketones (excluding diaryl/α,β-unsaturated/α-hetero) is 5. The summed E-state index contributed by atoms with van der Waals surface area (Å²) in [6, 6.07) is 36.0. The molecule has 44 heteroatoms. The van der Waals surface area contributed by atoms with Crippen LogP contribution in [0.25, 0.3) is 0 Å². The van der Waals surface area contributed by atoms with Crippen molar-refractivity contribution in [3.63, 3.8) is 0 Å². The number of ketones is 5. The molecular weight excluding hydrogens is 2000 g/mol. The van der Waals surface area contributed by atoms with E-state index in [4.69, 9.17) is 13.7 Å². The number of aryl methyl sites for hydroxylation is 15. The molecule has 10 aromatic heterocycles. The van der Waals surface area contributed by atoms with Crippen molar-refractivity contribution in [3.05, 3.63) is 255 Å². The summed E-state index contributed by atoms with van der Waals surface area (Å²) in [6.45, 7) is 7.78. The van der Waals surface area contributed by atoms with Crippen molar-refractivity contribution in [2.75, 3.05) is 28.4 Å². The molecular formula is C101H109N21O15S8. The molecule has 7 N–H and O–H groups in total. The molecule has 145 heavy (non-hydrogen) atoms. The van der Waals surface area contributed by atoms with Crippen molar-refractivity contribution < 1.29 is 72.1 Å². The Kier molecular flexibility index (Phi) is 40.3. The predicted octanol–water partition coefficient (Wildman–Crippen LogP) is 18.0. The average Bonchev–Trinajstić information content (AvgIpc) is 1.65. The molecule has 5 aromatic carbocycles. The van der Waals surface area contributed by atoms with Gasteiger partial charge >= 0.3 is 0 Å². The largest absolute Gasteiger partial charge is 0.508 e. The number of aromatic hydroxyl groups is 3. The van der Waals surface area contributed by atoms with E-state index >= 15 is 0 Å². The van der Waals surface area contributed by atoms with Crippen molar-refractivity contribution in [1.29, 1.82) is 0 Å². The summed E-state index contributed by atoms with van der Waals surface area (Å²) >= 11 is 11.5. The van der Waals surface area contributed by atoms with Gasteiger partial charge in [0, 0.05) is 119 Å². The molecule has 0 radical (unpaired) electrons. The Morgan fingerprint density at radius 1 is 0.372 bits per heavy atom. The number of hydrogen-bond acceptors (Lipinski definition) is 40. The van der Waals surface area contributed by atoms with Crippen LogP contribution in [0.15, 0.2) is 137 Å². The Hall–Kier alpha value is -13.5. The second kappa shape index (κ2) is 54.4. The topological polar surface area (TPSA) is 517 Å². The number of anilines is 4. The highest BCUT2D eigenvalue weighted by Crippen LogP contribution is 2.40. The molecule has 36 nitrogen and oxygen atoms in total. The van der Waals surface area contributed by atoms with Crippen LogP contribution in [0.4, 0.5) is 20.5 Å². The summed E-state index contributed by atoms with van der Waals surface area (Å²) in [5.74, 6) is 1.90. The maximum absolute atomic E-state index is 12.9. The highest BCUT2D eigenvalue weighted by molar-refractivity contribution is 7.16. The van der Waals surface area contributed by atoms with Crippen molar-refractivity contribution in [3.8, 4) is 23.0 Å². The lowest BCUT2D eigenvalue weighted by molar-refractivity contribution is -0.119. The fourth-order valence-corrected chi connectivity index (χ4v) is 22.6. The van der Waals surface area contributed by atoms with E-state index in [2.05, 4.69) is 121 Å². The van der Waals surface area contributed by atoms with E-state index < -0.39 is 0 Å². The van der Waals surface area contributed by atoms with Crippen LogP contribution in [-0.4, -0.2) is 162 Å². The summed E-state index contributed by atoms with van der Waals surface area (Å²) < 4.78 is 15.7. The first kappa shape index (κ1) is 107. The van der Waals surface area contributed by atoms with Gasteiger partial charge < -0.3 is 50.3 Å². The molecule has 0 bridgehead atoms. The van der Waals surface area contributed by atoms with E-state index in [0.29, 0.717) is 98.3 Å². The van der Waals surface area contributed by atoms with Gasteiger partial charge in [-0.3, -0.25) is 43.2 Å². The number of ether oxygens (including phenoxy) is 1. The minimum atomic E-state index is -0.219. The summed E-state index contributed by atoms with van der Waals surface area (Å²) in [5, 5.41) is 123. The minimum Gasteiger partial charge on any atom is -0.508 e. The van der Waals surface area contributed by atoms with E-state index in [9.17, 15) is 58.5 Å². The van der Waals surface area contributed by atoms with Crippen molar-refractivity contribution in [1.82, 2.24) is 86.7 Å². The first-order chi connectivity index (χ1) is 70.3. The van der Waals surface area contributed by atoms with Crippen LogP contribution in [0.2, 0.25) is 0 Å². The van der Waals surface area contributed by atoms with Crippen molar-refractivity contribution in [2.45, 2.75) is 245 Å². The monoisotopic (exact) mass is 2110 g/mol. The first-order valence-corrected chi connectivity index (χ1v) is 54.2. The number of aromatic nitrogens is 17. The standard InChI is InChI=1S/C34H35N5O5S2.C27H29N5O4S2.C22H24N6O4S2.C18H21N5O2S2/c1-3-19-8-10-24-26(12-19)20(14-28(24)41)13-22(40)17-33-38-36-31(45-33)6-4-5-7-32-37-39-34(46-32)35-30(43)16-21-15-29(42)25-11-9-23(44-2)18-27(21)25;33-20(15-13-18-7-1-3-9-21(18)34)17-26-31-29-24(37-26)11-5-6-12-25-30-32-27(38-25)28-23(36)16-14-19-8-2-4-10-22(19)35;1-13-7-16(31-12-13)9-15(29)10-21-26-24-19(33-21)5-3-4-6-20-25-27-22(34-20)23-18(30)11-17-8-14(2)28-32-17;1-12-20-21-16(26-12)8-4-5-9-17-22-23-18(27-17)19-15(25)11-10-13-6-2-3-7-14(13)24/h8-12,18,20-21H,3-7,13-17H2,1-2H3,(H,35,39,43);1-4,7-10,34-35H,5-6,11-17H2,(H,28,32,36);7-8,12H,3-6,9-11H2,1-2H3,(H,23,27,30);2-3,6-7,24H,4-5,8-11H2,1H3,(H,19,23,25). The number of phenolic OH excluding ortho intramolecular Hbond substituents is 3. The zero-order valence-corrected chi connectivity index (χ0v) is 87.0. The van der Waals surface area contributed by atoms with E-state index in [0.717, 1.165) is 204 Å². The second-order valence-electron chi connectivity index (χ2n) is 34.7. The normalized spacial score (nSPS) is 12.8. The minimum absolute atomic E-state index is 0.0434. The van der Waals surface area contributed by atoms with Crippen molar-refractivity contribution >= 4 is 164 Å². The number of hydrogen-bond donors (Lipinski definition) is 7. The summed E-state index contributed by atoms with van der Waals surface area (Å²) in [5.41, 5.74) is 8.47. The Labute approximate surface area is 867 Å². The van der Waals surface area contributed by atoms with Gasteiger partial charge in [0.25, 0.3) is 0 Å². The number of amides is 4. The van der Waals surface area contributed by atoms with Crippen LogP contribution in [-0.2, 0) is 143 Å². The number of unbranched alkanes of at least 4 members (excludes halogenated alkanes) is 4. The lowest BCUT2D eigenvalue weighted by Gasteiger charge is -2.11. The van der Waals surface area contributed by atoms with Crippen LogP contribution in [0.3, 0.4) is 0 Å². The molecule has 2 aliphatic carbocycles. The molecule has 0 saturated carbocycles. The Bertz CT molecular complexity index is 6580. The SMILES string of the molecule is CCc1ccc2c(c1)C(CC(=O)Cc1nnc(CCCCc3nnc(NC(=O)CC4CC(=O)c5ccc(OC)cc54)s3)s1)CC2=O.Cc1coc(CC(=O)Cc2nnc(CCCCc3nnc(NC(=O)Cc4cc(C)no4)s3)s2)c1.Cc1nnc(CCCCc2nnc(NC(=O)CCc3ccccc3O)s2)s1.O=C(CCc1ccccc1O)Cc1nnc(CCCCc2nnc(NC(=O)CCc3ccccc3O)s2)s1. The number of para-hydroxylation sites is 3. The molecule has 2 atom stereocenters. The molecule has 15 aromatic rings. The molecule has 17 rings (SSSR count). The molecule has 2 aliphatic rings. The number of methoxy groups -OCH3 is 1. The number of nitrogens with zero attached hydrogens (tertiary/aromatic N) is 17. The van der Waals surface area contributed by atoms with Gasteiger partial charge in [-0.25, -0.2) is 0 Å². The number of benzene rings is 5. The van der Waals surface area contributed by atoms with Gasteiger partial charge in [-0.2, -0.15) is 0 Å². The second-order valence-corrected chi connectivity index (χ2v) is 43.7. The van der Waals surface area contributed by atoms with Gasteiger partial charge in [0.1, 0.15) is 112 Å². The number of fused-ring (bicyclic) bond motifs is 2. The number of carbonyl (C=O) groups excluding carboxylic acids is 9. The number of phenols is 3. The highest BCUT2D eigenvalue weighted by Gasteiger charge is 2.34. The fourth-order valence-electron chi connectivity index (χ4n) is 15.9. The Balaban J connectivity index is 0.000000156. The molecule has 0 aliphatic heterocycles. The number of furan rings is 1. The van der Waals surface area contributed by atoms with Gasteiger partial charge in [0.2, 0.25) is 44.2 Å². The quantitative estimate of drug-likeness (QED) is 0.0174. The van der Waals surface area contributed by atoms with Gasteiger partial charge in [-0.15, -0.1) is 127 Å². The predicted molar refractivity (Wildman–Crippen MR) is 554 cm³/mol. The molecule has 0 fully saturated rings. The van der Waals surface area contributed by atoms with Gasteiger partial charge in [0.15, 0.2) is 11.6 Å². The zero-order valence-electron chi connectivity index (χ0n) is 80.5. The van der Waals surface area contributed by atoms with Crippen molar-refractivity contribution in [2.24, 2.45) is 0 Å². The smallest absolute Gasteiger partial charge is 0.233 e. The molecule has 10 heterocycles. The molecule has 756 valence electrons. The third-order valence-electron chi connectivity index (χ3n) is 23.2. The summed E-state index contributed by atoms with van der Waals surface area (Å²) in [4.78, 5) is 111. The van der Waals surface area contributed by atoms with Crippen LogP contribution >= 0.6 is 90.7 Å². The number of carbonyl (C=O) groups is 9. The number of rotatable bonds is 49. The third kappa shape index (κ3) is 34.3. The van der Waals surface area contributed by atoms with E-state index in [1.165, 1.54) is 84.9 Å². The van der Waals surface area contributed by atoms with E-state index in [1.807, 2.05) is 68.4 Å². The highest BCUT2D eigenvalue weighted by atomic mass is 32.1. The molecule has 4 amide bonds. The van der Waals surface area contributed by atoms with Crippen LogP contribution in [0.1, 0.15) is 252 Å². The van der Waals surface area contributed by atoms with E-state index in [-0.39, 0.29) is 133 Å².